The largest absolute Gasteiger partial charge is 0.417 e. The number of rotatable bonds is 0. The van der Waals surface area contributed by atoms with Gasteiger partial charge in [-0.25, -0.2) is 0 Å². The quantitative estimate of drug-likeness (QED) is 0.549. The van der Waals surface area contributed by atoms with Crippen LogP contribution in [0.5, 0.6) is 0 Å². The molecule has 54 valence electrons. The van der Waals surface area contributed by atoms with Crippen LogP contribution < -0.4 is 0 Å². The van der Waals surface area contributed by atoms with Crippen LogP contribution in [0.1, 0.15) is 6.93 Å². The van der Waals surface area contributed by atoms with Crippen molar-refractivity contribution in [2.24, 2.45) is 0 Å². The predicted octanol–water partition coefficient (Wildman–Crippen LogP) is 2.10. The monoisotopic (exact) mass is 148 g/mol. The minimum atomic E-state index is -4.47. The van der Waals surface area contributed by atoms with Gasteiger partial charge in [0.2, 0.25) is 0 Å². The molecule has 1 aromatic rings. The number of alkyl halides is 3. The minimum absolute atomic E-state index is 0.549. The van der Waals surface area contributed by atoms with Crippen LogP contribution in [-0.2, 0) is 6.18 Å². The summed E-state index contributed by atoms with van der Waals surface area (Å²) in [5.74, 6) is 0. The first-order valence-corrected chi connectivity index (χ1v) is 2.49. The van der Waals surface area contributed by atoms with Crippen molar-refractivity contribution in [2.75, 3.05) is 0 Å². The molecule has 1 rings (SSSR count). The number of nitrogens with zero attached hydrogens (tertiary/aromatic N) is 1. The maximum Gasteiger partial charge on any atom is 0.417 e. The van der Waals surface area contributed by atoms with Gasteiger partial charge in [0.1, 0.15) is 0 Å². The highest BCUT2D eigenvalue weighted by molar-refractivity contribution is 5.11. The Labute approximate surface area is 56.9 Å². The molecule has 0 atom stereocenters. The lowest BCUT2D eigenvalue weighted by Gasteiger charge is -2.03. The standard InChI is InChI=1S/C6H4F3N/c7-6(8,9)5-2-1-3-10-4-5/h1-4H/i2D. The fraction of sp³-hybridized carbons (Fsp3) is 0.167. The van der Waals surface area contributed by atoms with Crippen LogP contribution in [0.25, 0.3) is 0 Å². The van der Waals surface area contributed by atoms with Crippen LogP contribution in [0.15, 0.2) is 24.5 Å². The first kappa shape index (κ1) is 5.70. The summed E-state index contributed by atoms with van der Waals surface area (Å²) in [5.41, 5.74) is -1.000. The zero-order valence-electron chi connectivity index (χ0n) is 5.81. The lowest BCUT2D eigenvalue weighted by atomic mass is 10.3. The molecule has 10 heavy (non-hydrogen) atoms. The van der Waals surface area contributed by atoms with Gasteiger partial charge in [-0.05, 0) is 12.1 Å². The lowest BCUT2D eigenvalue weighted by Crippen LogP contribution is -2.04. The van der Waals surface area contributed by atoms with Gasteiger partial charge >= 0.3 is 6.18 Å². The molecule has 0 aliphatic heterocycles. The van der Waals surface area contributed by atoms with Crippen LogP contribution in [0.2, 0.25) is 0 Å². The van der Waals surface area contributed by atoms with Crippen molar-refractivity contribution in [2.45, 2.75) is 6.18 Å². The molecule has 0 N–H and O–H groups in total. The van der Waals surface area contributed by atoms with Crippen LogP contribution in [-0.4, -0.2) is 4.98 Å². The average molecular weight is 148 g/mol. The van der Waals surface area contributed by atoms with E-state index in [-0.39, 0.29) is 0 Å². The van der Waals surface area contributed by atoms with E-state index in [4.69, 9.17) is 1.37 Å². The number of pyridine rings is 1. The number of halogens is 3. The second-order valence-electron chi connectivity index (χ2n) is 1.65. The normalized spacial score (nSPS) is 12.9. The van der Waals surface area contributed by atoms with Gasteiger partial charge < -0.3 is 0 Å². The van der Waals surface area contributed by atoms with Gasteiger partial charge in [-0.3, -0.25) is 4.98 Å². The van der Waals surface area contributed by atoms with Crippen molar-refractivity contribution < 1.29 is 14.5 Å². The van der Waals surface area contributed by atoms with Crippen molar-refractivity contribution in [3.05, 3.63) is 30.1 Å². The van der Waals surface area contributed by atoms with Crippen LogP contribution in [0.3, 0.4) is 0 Å². The summed E-state index contributed by atoms with van der Waals surface area (Å²) >= 11 is 0. The molecular weight excluding hydrogens is 143 g/mol. The zero-order valence-corrected chi connectivity index (χ0v) is 4.81. The fourth-order valence-corrected chi connectivity index (χ4v) is 0.480. The summed E-state index contributed by atoms with van der Waals surface area (Å²) in [7, 11) is 0. The second kappa shape index (κ2) is 2.28. The highest BCUT2D eigenvalue weighted by atomic mass is 19.4. The summed E-state index contributed by atoms with van der Waals surface area (Å²) in [6, 6.07) is 0.454. The maximum absolute atomic E-state index is 11.9. The molecule has 0 saturated heterocycles. The van der Waals surface area contributed by atoms with E-state index in [9.17, 15) is 13.2 Å². The molecule has 0 amide bonds. The molecule has 0 aliphatic carbocycles. The Morgan fingerprint density at radius 3 is 2.60 bits per heavy atom. The second-order valence-corrected chi connectivity index (χ2v) is 1.65. The fourth-order valence-electron chi connectivity index (χ4n) is 0.480. The van der Waals surface area contributed by atoms with E-state index in [1.54, 1.807) is 0 Å². The SMILES string of the molecule is [2H]c1ccncc1C(F)(F)F. The number of hydrogen-bond donors (Lipinski definition) is 0. The topological polar surface area (TPSA) is 12.9 Å². The van der Waals surface area contributed by atoms with Gasteiger partial charge in [0, 0.05) is 12.4 Å². The first-order chi connectivity index (χ1) is 5.02. The van der Waals surface area contributed by atoms with Crippen molar-refractivity contribution >= 4 is 0 Å². The Hall–Kier alpha value is -1.06. The van der Waals surface area contributed by atoms with E-state index >= 15 is 0 Å². The van der Waals surface area contributed by atoms with Crippen LogP contribution in [0.4, 0.5) is 13.2 Å². The maximum atomic E-state index is 11.9. The molecule has 1 aromatic heterocycles. The van der Waals surface area contributed by atoms with Crippen LogP contribution in [0, 0.1) is 0 Å². The summed E-state index contributed by atoms with van der Waals surface area (Å²) in [5, 5.41) is 0. The smallest absolute Gasteiger partial charge is 0.264 e. The Morgan fingerprint density at radius 1 is 1.50 bits per heavy atom. The van der Waals surface area contributed by atoms with Gasteiger partial charge in [-0.2, -0.15) is 13.2 Å². The molecule has 0 unspecified atom stereocenters. The Kier molecular flexibility index (Phi) is 1.30. The van der Waals surface area contributed by atoms with Crippen molar-refractivity contribution in [1.29, 1.82) is 0 Å². The minimum Gasteiger partial charge on any atom is -0.264 e. The number of aromatic nitrogens is 1. The Morgan fingerprint density at radius 2 is 2.20 bits per heavy atom. The van der Waals surface area contributed by atoms with E-state index < -0.39 is 17.8 Å². The summed E-state index contributed by atoms with van der Waals surface area (Å²) in [4.78, 5) is 3.27. The zero-order chi connectivity index (χ0) is 8.48. The van der Waals surface area contributed by atoms with Gasteiger partial charge in [-0.1, -0.05) is 0 Å². The van der Waals surface area contributed by atoms with Gasteiger partial charge in [0.15, 0.2) is 0 Å². The first-order valence-electron chi connectivity index (χ1n) is 2.99. The molecule has 1 nitrogen and oxygen atoms in total. The molecule has 0 aromatic carbocycles. The summed E-state index contributed by atoms with van der Waals surface area (Å²) in [6.07, 6.45) is -2.68. The molecule has 0 saturated carbocycles. The van der Waals surface area contributed by atoms with E-state index in [2.05, 4.69) is 4.98 Å². The van der Waals surface area contributed by atoms with Crippen molar-refractivity contribution in [3.8, 4) is 0 Å². The molecule has 0 radical (unpaired) electrons. The third-order valence-corrected chi connectivity index (χ3v) is 0.908. The van der Waals surface area contributed by atoms with Gasteiger partial charge in [0.25, 0.3) is 0 Å². The van der Waals surface area contributed by atoms with Crippen LogP contribution >= 0.6 is 0 Å². The molecule has 0 fully saturated rings. The number of hydrogen-bond acceptors (Lipinski definition) is 1. The lowest BCUT2D eigenvalue weighted by molar-refractivity contribution is -0.137. The summed E-state index contributed by atoms with van der Waals surface area (Å²) < 4.78 is 42.5. The third-order valence-electron chi connectivity index (χ3n) is 0.908. The Bertz CT molecular complexity index is 258. The molecule has 0 spiro atoms. The third kappa shape index (κ3) is 1.46. The summed E-state index contributed by atoms with van der Waals surface area (Å²) in [6.45, 7) is 0. The Balaban J connectivity index is 3.14. The molecule has 0 aliphatic rings. The molecule has 1 heterocycles. The van der Waals surface area contributed by atoms with E-state index in [1.165, 1.54) is 0 Å². The highest BCUT2D eigenvalue weighted by Gasteiger charge is 2.30. The molecule has 4 heteroatoms. The average Bonchev–Trinajstić information content (AvgIpc) is 1.86. The predicted molar refractivity (Wildman–Crippen MR) is 29.2 cm³/mol. The van der Waals surface area contributed by atoms with E-state index in [0.29, 0.717) is 6.20 Å². The highest BCUT2D eigenvalue weighted by Crippen LogP contribution is 2.27. The van der Waals surface area contributed by atoms with Gasteiger partial charge in [0.05, 0.1) is 6.93 Å². The van der Waals surface area contributed by atoms with E-state index in [1.807, 2.05) is 0 Å². The van der Waals surface area contributed by atoms with Crippen molar-refractivity contribution in [3.63, 3.8) is 0 Å². The van der Waals surface area contributed by atoms with Crippen molar-refractivity contribution in [1.82, 2.24) is 4.98 Å². The van der Waals surface area contributed by atoms with Gasteiger partial charge in [-0.15, -0.1) is 0 Å². The molecular formula is C6H4F3N. The van der Waals surface area contributed by atoms with E-state index in [0.717, 1.165) is 12.3 Å². The molecule has 0 bridgehead atoms.